The van der Waals surface area contributed by atoms with Gasteiger partial charge in [-0.15, -0.1) is 0 Å². The molecular weight excluding hydrogens is 352 g/mol. The van der Waals surface area contributed by atoms with E-state index >= 15 is 0 Å². The molecule has 4 rings (SSSR count). The van der Waals surface area contributed by atoms with Gasteiger partial charge in [-0.1, -0.05) is 30.3 Å². The second-order valence-electron chi connectivity index (χ2n) is 7.50. The summed E-state index contributed by atoms with van der Waals surface area (Å²) in [7, 11) is 3.82. The van der Waals surface area contributed by atoms with Gasteiger partial charge in [-0.2, -0.15) is 10.2 Å². The highest BCUT2D eigenvalue weighted by atomic mass is 16.1. The Kier molecular flexibility index (Phi) is 5.34. The first-order valence-electron chi connectivity index (χ1n) is 9.83. The van der Waals surface area contributed by atoms with E-state index < -0.39 is 0 Å². The van der Waals surface area contributed by atoms with Gasteiger partial charge in [-0.05, 0) is 51.0 Å². The van der Waals surface area contributed by atoms with Crippen molar-refractivity contribution >= 4 is 0 Å². The summed E-state index contributed by atoms with van der Waals surface area (Å²) in [5, 5.41) is 9.28. The first kappa shape index (κ1) is 18.6. The summed E-state index contributed by atoms with van der Waals surface area (Å²) in [6.07, 6.45) is 3.76. The van der Waals surface area contributed by atoms with E-state index in [4.69, 9.17) is 10.1 Å². The van der Waals surface area contributed by atoms with Crippen molar-refractivity contribution in [3.63, 3.8) is 0 Å². The molecule has 0 amide bonds. The molecule has 3 heterocycles. The molecule has 2 aromatic heterocycles. The van der Waals surface area contributed by atoms with Crippen LogP contribution in [-0.2, 0) is 19.9 Å². The van der Waals surface area contributed by atoms with Gasteiger partial charge in [-0.25, -0.2) is 14.3 Å². The largest absolute Gasteiger partial charge is 0.306 e. The van der Waals surface area contributed by atoms with E-state index in [-0.39, 0.29) is 5.56 Å². The van der Waals surface area contributed by atoms with Crippen molar-refractivity contribution in [1.82, 2.24) is 29.4 Å². The summed E-state index contributed by atoms with van der Waals surface area (Å²) in [5.74, 6) is 1.58. The van der Waals surface area contributed by atoms with Crippen LogP contribution in [0.25, 0.3) is 11.5 Å². The molecule has 1 aliphatic rings. The normalized spacial score (nSPS) is 15.8. The Morgan fingerprint density at radius 2 is 1.71 bits per heavy atom. The molecule has 1 aliphatic heterocycles. The minimum Gasteiger partial charge on any atom is -0.306 e. The third kappa shape index (κ3) is 4.04. The smallest absolute Gasteiger partial charge is 0.266 e. The van der Waals surface area contributed by atoms with Crippen LogP contribution in [0.1, 0.15) is 30.3 Å². The van der Waals surface area contributed by atoms with E-state index in [9.17, 15) is 4.79 Å². The maximum absolute atomic E-state index is 11.7. The molecule has 0 saturated carbocycles. The molecule has 1 aromatic carbocycles. The van der Waals surface area contributed by atoms with Gasteiger partial charge in [0.1, 0.15) is 5.69 Å². The van der Waals surface area contributed by atoms with Gasteiger partial charge in [-0.3, -0.25) is 4.79 Å². The van der Waals surface area contributed by atoms with Gasteiger partial charge in [0, 0.05) is 19.5 Å². The van der Waals surface area contributed by atoms with Crippen LogP contribution in [0.2, 0.25) is 0 Å². The fourth-order valence-electron chi connectivity index (χ4n) is 3.66. The number of hydrogen-bond donors (Lipinski definition) is 0. The van der Waals surface area contributed by atoms with E-state index in [0.717, 1.165) is 50.4 Å². The van der Waals surface area contributed by atoms with Crippen molar-refractivity contribution in [3.05, 3.63) is 64.2 Å². The Bertz CT molecular complexity index is 986. The van der Waals surface area contributed by atoms with Gasteiger partial charge in [0.15, 0.2) is 11.6 Å². The van der Waals surface area contributed by atoms with Crippen molar-refractivity contribution in [2.75, 3.05) is 20.1 Å². The van der Waals surface area contributed by atoms with Crippen LogP contribution in [0.5, 0.6) is 0 Å². The van der Waals surface area contributed by atoms with Crippen molar-refractivity contribution in [2.45, 2.75) is 31.7 Å². The molecule has 1 fully saturated rings. The molecule has 7 heteroatoms. The molecule has 3 aromatic rings. The third-order valence-electron chi connectivity index (χ3n) is 5.38. The highest BCUT2D eigenvalue weighted by molar-refractivity contribution is 5.48. The standard InChI is InChI=1S/C21H26N6O/c1-25-14-12-17(13-15-25)27-21(18-9-11-20(28)26(2)23-18)22-19(24-27)10-8-16-6-4-3-5-7-16/h3-7,9,11,17H,8,10,12-15H2,1-2H3. The van der Waals surface area contributed by atoms with Gasteiger partial charge in [0.2, 0.25) is 0 Å². The zero-order valence-corrected chi connectivity index (χ0v) is 16.5. The van der Waals surface area contributed by atoms with E-state index in [2.05, 4.69) is 41.3 Å². The third-order valence-corrected chi connectivity index (χ3v) is 5.38. The van der Waals surface area contributed by atoms with E-state index in [0.29, 0.717) is 11.7 Å². The highest BCUT2D eigenvalue weighted by Crippen LogP contribution is 2.26. The number of hydrogen-bond acceptors (Lipinski definition) is 5. The number of nitrogens with zero attached hydrogens (tertiary/aromatic N) is 6. The second kappa shape index (κ2) is 8.06. The number of rotatable bonds is 5. The number of aryl methyl sites for hydroxylation is 3. The van der Waals surface area contributed by atoms with Crippen LogP contribution < -0.4 is 5.56 Å². The number of likely N-dealkylation sites (tertiary alicyclic amines) is 1. The predicted molar refractivity (Wildman–Crippen MR) is 108 cm³/mol. The average Bonchev–Trinajstić information content (AvgIpc) is 3.14. The van der Waals surface area contributed by atoms with Gasteiger partial charge < -0.3 is 4.90 Å². The summed E-state index contributed by atoms with van der Waals surface area (Å²) in [5.41, 5.74) is 1.85. The monoisotopic (exact) mass is 378 g/mol. The Morgan fingerprint density at radius 3 is 2.43 bits per heavy atom. The number of aromatic nitrogens is 5. The van der Waals surface area contributed by atoms with Crippen LogP contribution in [0.15, 0.2) is 47.3 Å². The summed E-state index contributed by atoms with van der Waals surface area (Å²) >= 11 is 0. The van der Waals surface area contributed by atoms with Crippen LogP contribution in [-0.4, -0.2) is 49.6 Å². The lowest BCUT2D eigenvalue weighted by atomic mass is 10.1. The lowest BCUT2D eigenvalue weighted by molar-refractivity contribution is 0.213. The van der Waals surface area contributed by atoms with Gasteiger partial charge in [0.05, 0.1) is 6.04 Å². The Hall–Kier alpha value is -2.80. The lowest BCUT2D eigenvalue weighted by Gasteiger charge is -2.29. The predicted octanol–water partition coefficient (Wildman–Crippen LogP) is 2.09. The molecule has 0 aliphatic carbocycles. The van der Waals surface area contributed by atoms with Crippen molar-refractivity contribution in [2.24, 2.45) is 7.05 Å². The minimum absolute atomic E-state index is 0.126. The number of piperidine rings is 1. The van der Waals surface area contributed by atoms with Crippen molar-refractivity contribution in [3.8, 4) is 11.5 Å². The van der Waals surface area contributed by atoms with Crippen LogP contribution >= 0.6 is 0 Å². The minimum atomic E-state index is -0.126. The second-order valence-corrected chi connectivity index (χ2v) is 7.50. The first-order valence-corrected chi connectivity index (χ1v) is 9.83. The van der Waals surface area contributed by atoms with Crippen LogP contribution in [0, 0.1) is 0 Å². The summed E-state index contributed by atoms with van der Waals surface area (Å²) in [4.78, 5) is 18.9. The first-order chi connectivity index (χ1) is 13.6. The van der Waals surface area contributed by atoms with Gasteiger partial charge in [0.25, 0.3) is 5.56 Å². The molecular formula is C21H26N6O. The molecule has 0 unspecified atom stereocenters. The molecule has 0 radical (unpaired) electrons. The molecule has 28 heavy (non-hydrogen) atoms. The van der Waals surface area contributed by atoms with E-state index in [1.54, 1.807) is 19.2 Å². The fourth-order valence-corrected chi connectivity index (χ4v) is 3.66. The fraction of sp³-hybridized carbons (Fsp3) is 0.429. The summed E-state index contributed by atoms with van der Waals surface area (Å²) in [6, 6.07) is 14.0. The van der Waals surface area contributed by atoms with Crippen molar-refractivity contribution in [1.29, 1.82) is 0 Å². The SMILES string of the molecule is CN1CCC(n2nc(CCc3ccccc3)nc2-c2ccc(=O)n(C)n2)CC1. The van der Waals surface area contributed by atoms with Crippen LogP contribution in [0.4, 0.5) is 0 Å². The topological polar surface area (TPSA) is 68.8 Å². The van der Waals surface area contributed by atoms with E-state index in [1.807, 2.05) is 10.7 Å². The lowest BCUT2D eigenvalue weighted by Crippen LogP contribution is -2.32. The quantitative estimate of drug-likeness (QED) is 0.680. The maximum Gasteiger partial charge on any atom is 0.266 e. The summed E-state index contributed by atoms with van der Waals surface area (Å²) < 4.78 is 3.40. The summed E-state index contributed by atoms with van der Waals surface area (Å²) in [6.45, 7) is 2.09. The zero-order valence-electron chi connectivity index (χ0n) is 16.5. The molecule has 0 atom stereocenters. The van der Waals surface area contributed by atoms with E-state index in [1.165, 1.54) is 10.2 Å². The highest BCUT2D eigenvalue weighted by Gasteiger charge is 2.24. The molecule has 1 saturated heterocycles. The molecule has 0 spiro atoms. The number of benzene rings is 1. The van der Waals surface area contributed by atoms with Crippen LogP contribution in [0.3, 0.4) is 0 Å². The Morgan fingerprint density at radius 1 is 0.964 bits per heavy atom. The Labute approximate surface area is 164 Å². The average molecular weight is 378 g/mol. The molecule has 7 nitrogen and oxygen atoms in total. The Balaban J connectivity index is 1.64. The molecule has 0 bridgehead atoms. The molecule has 0 N–H and O–H groups in total. The van der Waals surface area contributed by atoms with Gasteiger partial charge >= 0.3 is 0 Å². The maximum atomic E-state index is 11.7. The van der Waals surface area contributed by atoms with Crippen molar-refractivity contribution < 1.29 is 0 Å². The molecule has 146 valence electrons. The zero-order chi connectivity index (χ0) is 19.5.